The minimum atomic E-state index is 0.212. The molecular formula is C19H28OS2. The summed E-state index contributed by atoms with van der Waals surface area (Å²) in [5.41, 5.74) is 0. The van der Waals surface area contributed by atoms with Gasteiger partial charge in [-0.3, -0.25) is 4.79 Å². The number of benzene rings is 1. The molecule has 0 N–H and O–H groups in total. The largest absolute Gasteiger partial charge is 0.288 e. The first-order valence-corrected chi connectivity index (χ1v) is 10.0. The fourth-order valence-corrected chi connectivity index (χ4v) is 4.62. The molecule has 0 spiro atoms. The molecule has 122 valence electrons. The molecule has 0 radical (unpaired) electrons. The van der Waals surface area contributed by atoms with Gasteiger partial charge in [0.15, 0.2) is 5.12 Å². The maximum absolute atomic E-state index is 11.4. The van der Waals surface area contributed by atoms with Crippen LogP contribution in [0, 0.1) is 0 Å². The van der Waals surface area contributed by atoms with Crippen LogP contribution < -0.4 is 0 Å². The molecule has 1 aromatic rings. The Kier molecular flexibility index (Phi) is 11.3. The van der Waals surface area contributed by atoms with Crippen LogP contribution in [-0.2, 0) is 4.79 Å². The summed E-state index contributed by atoms with van der Waals surface area (Å²) in [7, 11) is 0. The van der Waals surface area contributed by atoms with E-state index in [0.717, 1.165) is 19.3 Å². The van der Waals surface area contributed by atoms with Gasteiger partial charge in [0.1, 0.15) is 0 Å². The lowest BCUT2D eigenvalue weighted by atomic mass is 10.2. The molecule has 0 heterocycles. The third kappa shape index (κ3) is 10.1. The second kappa shape index (κ2) is 12.8. The number of rotatable bonds is 11. The van der Waals surface area contributed by atoms with E-state index in [9.17, 15) is 4.79 Å². The Morgan fingerprint density at radius 3 is 2.41 bits per heavy atom. The first kappa shape index (κ1) is 19.4. The van der Waals surface area contributed by atoms with Gasteiger partial charge in [0.05, 0.1) is 4.58 Å². The summed E-state index contributed by atoms with van der Waals surface area (Å²) in [5, 5.41) is 0.212. The van der Waals surface area contributed by atoms with E-state index in [0.29, 0.717) is 4.58 Å². The van der Waals surface area contributed by atoms with Crippen LogP contribution in [0.15, 0.2) is 47.4 Å². The molecule has 1 rings (SSSR count). The van der Waals surface area contributed by atoms with Crippen molar-refractivity contribution in [2.24, 2.45) is 0 Å². The average molecular weight is 337 g/mol. The number of unbranched alkanes of at least 4 members (excludes halogenated alkanes) is 4. The van der Waals surface area contributed by atoms with E-state index >= 15 is 0 Å². The topological polar surface area (TPSA) is 17.1 Å². The van der Waals surface area contributed by atoms with Gasteiger partial charge in [-0.15, -0.1) is 11.8 Å². The Bertz CT molecular complexity index is 428. The van der Waals surface area contributed by atoms with Crippen molar-refractivity contribution in [3.63, 3.8) is 0 Å². The van der Waals surface area contributed by atoms with E-state index in [1.54, 1.807) is 6.92 Å². The van der Waals surface area contributed by atoms with Crippen LogP contribution in [0.25, 0.3) is 0 Å². The van der Waals surface area contributed by atoms with Crippen LogP contribution in [0.3, 0.4) is 0 Å². The van der Waals surface area contributed by atoms with Crippen LogP contribution in [0.4, 0.5) is 0 Å². The molecule has 0 saturated carbocycles. The predicted molar refractivity (Wildman–Crippen MR) is 101 cm³/mol. The van der Waals surface area contributed by atoms with Gasteiger partial charge >= 0.3 is 0 Å². The highest BCUT2D eigenvalue weighted by atomic mass is 32.2. The lowest BCUT2D eigenvalue weighted by molar-refractivity contribution is -0.109. The van der Waals surface area contributed by atoms with Crippen LogP contribution in [-0.4, -0.2) is 9.70 Å². The van der Waals surface area contributed by atoms with E-state index in [2.05, 4.69) is 43.3 Å². The zero-order valence-corrected chi connectivity index (χ0v) is 15.4. The maximum atomic E-state index is 11.4. The second-order valence-corrected chi connectivity index (χ2v) is 8.32. The van der Waals surface area contributed by atoms with E-state index in [1.807, 2.05) is 17.8 Å². The highest BCUT2D eigenvalue weighted by Crippen LogP contribution is 2.34. The van der Waals surface area contributed by atoms with Crippen LogP contribution in [0.1, 0.15) is 58.8 Å². The highest BCUT2D eigenvalue weighted by Gasteiger charge is 2.13. The van der Waals surface area contributed by atoms with E-state index < -0.39 is 0 Å². The molecule has 0 saturated heterocycles. The molecule has 1 aromatic carbocycles. The summed E-state index contributed by atoms with van der Waals surface area (Å²) < 4.78 is 0.327. The number of carbonyl (C=O) groups excluding carboxylic acids is 1. The van der Waals surface area contributed by atoms with Gasteiger partial charge in [0.2, 0.25) is 0 Å². The number of carbonyl (C=O) groups is 1. The van der Waals surface area contributed by atoms with Gasteiger partial charge in [0, 0.05) is 11.8 Å². The normalized spacial score (nSPS) is 12.6. The van der Waals surface area contributed by atoms with Gasteiger partial charge < -0.3 is 0 Å². The quantitative estimate of drug-likeness (QED) is 0.194. The lowest BCUT2D eigenvalue weighted by Gasteiger charge is -2.14. The molecule has 0 fully saturated rings. The second-order valence-electron chi connectivity index (χ2n) is 5.37. The first-order valence-electron chi connectivity index (χ1n) is 8.26. The maximum Gasteiger partial charge on any atom is 0.186 e. The summed E-state index contributed by atoms with van der Waals surface area (Å²) >= 11 is 3.28. The molecule has 3 heteroatoms. The van der Waals surface area contributed by atoms with E-state index in [-0.39, 0.29) is 5.12 Å². The van der Waals surface area contributed by atoms with Crippen molar-refractivity contribution in [3.05, 3.63) is 42.5 Å². The lowest BCUT2D eigenvalue weighted by Crippen LogP contribution is -2.00. The Morgan fingerprint density at radius 1 is 1.09 bits per heavy atom. The molecule has 0 aromatic heterocycles. The molecule has 1 nitrogen and oxygen atoms in total. The van der Waals surface area contributed by atoms with Crippen molar-refractivity contribution in [2.75, 3.05) is 0 Å². The Balaban J connectivity index is 2.28. The molecule has 0 aliphatic heterocycles. The molecular weight excluding hydrogens is 308 g/mol. The molecule has 1 unspecified atom stereocenters. The predicted octanol–water partition coefficient (Wildman–Crippen LogP) is 6.69. The average Bonchev–Trinajstić information content (AvgIpc) is 2.50. The fraction of sp³-hybridized carbons (Fsp3) is 0.526. The summed E-state index contributed by atoms with van der Waals surface area (Å²) in [6.45, 7) is 3.90. The molecule has 1 atom stereocenters. The van der Waals surface area contributed by atoms with E-state index in [4.69, 9.17) is 0 Å². The summed E-state index contributed by atoms with van der Waals surface area (Å²) in [5.74, 6) is 0. The minimum Gasteiger partial charge on any atom is -0.288 e. The van der Waals surface area contributed by atoms with E-state index in [1.165, 1.54) is 42.3 Å². The summed E-state index contributed by atoms with van der Waals surface area (Å²) in [6.07, 6.45) is 13.1. The SMILES string of the molecule is CCCCC/C=C/CCCC(SC(C)=O)Sc1ccccc1. The number of thioether (sulfide) groups is 2. The highest BCUT2D eigenvalue weighted by molar-refractivity contribution is 8.24. The van der Waals surface area contributed by atoms with Gasteiger partial charge in [-0.2, -0.15) is 0 Å². The van der Waals surface area contributed by atoms with Gasteiger partial charge in [-0.05, 0) is 44.2 Å². The zero-order chi connectivity index (χ0) is 16.0. The molecule has 0 bridgehead atoms. The van der Waals surface area contributed by atoms with Crippen LogP contribution in [0.2, 0.25) is 0 Å². The minimum absolute atomic E-state index is 0.212. The Hall–Kier alpha value is -0.670. The van der Waals surface area contributed by atoms with Crippen molar-refractivity contribution < 1.29 is 4.79 Å². The van der Waals surface area contributed by atoms with Gasteiger partial charge in [-0.1, -0.05) is 61.9 Å². The van der Waals surface area contributed by atoms with Crippen LogP contribution >= 0.6 is 23.5 Å². The standard InChI is InChI=1S/C19H28OS2/c1-3-4-5-6-7-8-9-13-16-19(21-17(2)20)22-18-14-11-10-12-15-18/h7-8,10-12,14-15,19H,3-6,9,13,16H2,1-2H3/b8-7+. The van der Waals surface area contributed by atoms with Gasteiger partial charge in [-0.25, -0.2) is 0 Å². The monoisotopic (exact) mass is 336 g/mol. The van der Waals surface area contributed by atoms with Crippen molar-refractivity contribution in [1.82, 2.24) is 0 Å². The molecule has 0 amide bonds. The number of hydrogen-bond acceptors (Lipinski definition) is 3. The van der Waals surface area contributed by atoms with Crippen molar-refractivity contribution in [3.8, 4) is 0 Å². The zero-order valence-electron chi connectivity index (χ0n) is 13.8. The van der Waals surface area contributed by atoms with Crippen molar-refractivity contribution >= 4 is 28.6 Å². The molecule has 0 aliphatic carbocycles. The number of hydrogen-bond donors (Lipinski definition) is 0. The Labute approximate surface area is 144 Å². The third-order valence-electron chi connectivity index (χ3n) is 3.26. The van der Waals surface area contributed by atoms with Crippen molar-refractivity contribution in [2.45, 2.75) is 68.3 Å². The summed E-state index contributed by atoms with van der Waals surface area (Å²) in [6, 6.07) is 10.4. The smallest absolute Gasteiger partial charge is 0.186 e. The van der Waals surface area contributed by atoms with Gasteiger partial charge in [0.25, 0.3) is 0 Å². The fourth-order valence-electron chi connectivity index (χ4n) is 2.13. The number of allylic oxidation sites excluding steroid dienone is 2. The third-order valence-corrected chi connectivity index (χ3v) is 5.71. The molecule has 0 aliphatic rings. The molecule has 22 heavy (non-hydrogen) atoms. The first-order chi connectivity index (χ1) is 10.7. The van der Waals surface area contributed by atoms with Crippen molar-refractivity contribution in [1.29, 1.82) is 0 Å². The Morgan fingerprint density at radius 2 is 1.77 bits per heavy atom. The summed E-state index contributed by atoms with van der Waals surface area (Å²) in [4.78, 5) is 12.7. The van der Waals surface area contributed by atoms with Crippen LogP contribution in [0.5, 0.6) is 0 Å².